The maximum Gasteiger partial charge on any atom is 0.243 e. The monoisotopic (exact) mass is 351 g/mol. The molecule has 1 aliphatic heterocycles. The Morgan fingerprint density at radius 2 is 1.95 bits per heavy atom. The highest BCUT2D eigenvalue weighted by Gasteiger charge is 2.25. The lowest BCUT2D eigenvalue weighted by Crippen LogP contribution is -2.44. The van der Waals surface area contributed by atoms with Gasteiger partial charge in [0.2, 0.25) is 10.0 Å². The number of piperidine rings is 1. The number of benzene rings is 1. The third-order valence-electron chi connectivity index (χ3n) is 3.72. The summed E-state index contributed by atoms with van der Waals surface area (Å²) >= 11 is 12.0. The Labute approximate surface area is 135 Å². The van der Waals surface area contributed by atoms with Crippen molar-refractivity contribution in [1.82, 2.24) is 9.62 Å². The van der Waals surface area contributed by atoms with Gasteiger partial charge in [0.1, 0.15) is 4.90 Å². The van der Waals surface area contributed by atoms with E-state index in [9.17, 15) is 8.42 Å². The molecule has 0 radical (unpaired) electrons. The van der Waals surface area contributed by atoms with Crippen molar-refractivity contribution in [2.75, 3.05) is 25.9 Å². The summed E-state index contributed by atoms with van der Waals surface area (Å²) in [7, 11) is -1.76. The number of rotatable bonds is 4. The van der Waals surface area contributed by atoms with Gasteiger partial charge in [-0.15, -0.1) is 0 Å². The molecule has 0 saturated carbocycles. The molecule has 5 nitrogen and oxygen atoms in total. The zero-order valence-electron chi connectivity index (χ0n) is 11.8. The van der Waals surface area contributed by atoms with E-state index in [-0.39, 0.29) is 21.0 Å². The predicted octanol–water partition coefficient (Wildman–Crippen LogP) is 2.34. The standard InChI is InChI=1S/C13H19Cl2N3O2S/c1-18-5-3-2-4-10(18)8-17-21(19,20)13-11(14)6-9(16)7-12(13)15/h6-7,10,17H,2-5,8,16H2,1H3. The summed E-state index contributed by atoms with van der Waals surface area (Å²) in [5.74, 6) is 0. The van der Waals surface area contributed by atoms with Crippen LogP contribution >= 0.6 is 23.2 Å². The van der Waals surface area contributed by atoms with Gasteiger partial charge in [0.25, 0.3) is 0 Å². The minimum Gasteiger partial charge on any atom is -0.399 e. The van der Waals surface area contributed by atoms with Crippen molar-refractivity contribution in [1.29, 1.82) is 0 Å². The highest BCUT2D eigenvalue weighted by atomic mass is 35.5. The third kappa shape index (κ3) is 4.02. The van der Waals surface area contributed by atoms with E-state index in [1.165, 1.54) is 12.1 Å². The first-order valence-corrected chi connectivity index (χ1v) is 8.99. The minimum atomic E-state index is -3.76. The first-order valence-electron chi connectivity index (χ1n) is 6.75. The molecule has 0 aromatic heterocycles. The molecule has 21 heavy (non-hydrogen) atoms. The van der Waals surface area contributed by atoms with Crippen LogP contribution in [0.5, 0.6) is 0 Å². The lowest BCUT2D eigenvalue weighted by molar-refractivity contribution is 0.187. The van der Waals surface area contributed by atoms with Gasteiger partial charge in [-0.3, -0.25) is 0 Å². The molecular formula is C13H19Cl2N3O2S. The van der Waals surface area contributed by atoms with Crippen LogP contribution in [0, 0.1) is 0 Å². The lowest BCUT2D eigenvalue weighted by Gasteiger charge is -2.32. The molecular weight excluding hydrogens is 333 g/mol. The topological polar surface area (TPSA) is 75.4 Å². The quantitative estimate of drug-likeness (QED) is 0.816. The number of nitrogens with two attached hydrogens (primary N) is 1. The Bertz CT molecular complexity index is 599. The van der Waals surface area contributed by atoms with E-state index in [1.54, 1.807) is 0 Å². The van der Waals surface area contributed by atoms with Crippen molar-refractivity contribution in [2.24, 2.45) is 0 Å². The first kappa shape index (κ1) is 16.8. The van der Waals surface area contributed by atoms with Gasteiger partial charge in [0.15, 0.2) is 0 Å². The Morgan fingerprint density at radius 1 is 1.33 bits per heavy atom. The van der Waals surface area contributed by atoms with Crippen molar-refractivity contribution in [3.05, 3.63) is 22.2 Å². The van der Waals surface area contributed by atoms with E-state index < -0.39 is 10.0 Å². The molecule has 1 aliphatic rings. The van der Waals surface area contributed by atoms with E-state index in [2.05, 4.69) is 9.62 Å². The summed E-state index contributed by atoms with van der Waals surface area (Å²) in [6.45, 7) is 1.33. The van der Waals surface area contributed by atoms with Gasteiger partial charge in [0, 0.05) is 18.3 Å². The smallest absolute Gasteiger partial charge is 0.243 e. The van der Waals surface area contributed by atoms with Crippen molar-refractivity contribution in [3.63, 3.8) is 0 Å². The van der Waals surface area contributed by atoms with Crippen LogP contribution in [0.2, 0.25) is 10.0 Å². The summed E-state index contributed by atoms with van der Waals surface area (Å²) in [6, 6.07) is 2.96. The second-order valence-corrected chi connectivity index (χ2v) is 7.81. The number of halogens is 2. The van der Waals surface area contributed by atoms with E-state index >= 15 is 0 Å². The molecule has 1 unspecified atom stereocenters. The SMILES string of the molecule is CN1CCCCC1CNS(=O)(=O)c1c(Cl)cc(N)cc1Cl. The van der Waals surface area contributed by atoms with Gasteiger partial charge in [0.05, 0.1) is 10.0 Å². The fraction of sp³-hybridized carbons (Fsp3) is 0.538. The number of hydrogen-bond donors (Lipinski definition) is 2. The van der Waals surface area contributed by atoms with Crippen LogP contribution in [0.25, 0.3) is 0 Å². The zero-order valence-corrected chi connectivity index (χ0v) is 14.1. The Balaban J connectivity index is 2.15. The summed E-state index contributed by atoms with van der Waals surface area (Å²) in [6.07, 6.45) is 3.23. The highest BCUT2D eigenvalue weighted by Crippen LogP contribution is 2.31. The number of nitrogen functional groups attached to an aromatic ring is 1. The van der Waals surface area contributed by atoms with Crippen LogP contribution in [0.1, 0.15) is 19.3 Å². The van der Waals surface area contributed by atoms with Crippen molar-refractivity contribution in [2.45, 2.75) is 30.2 Å². The molecule has 1 fully saturated rings. The molecule has 118 valence electrons. The molecule has 3 N–H and O–H groups in total. The molecule has 1 saturated heterocycles. The number of nitrogens with zero attached hydrogens (tertiary/aromatic N) is 1. The normalized spacial score (nSPS) is 20.6. The number of sulfonamides is 1. The lowest BCUT2D eigenvalue weighted by atomic mass is 10.0. The van der Waals surface area contributed by atoms with E-state index in [0.717, 1.165) is 25.8 Å². The average Bonchev–Trinajstić information content (AvgIpc) is 2.36. The molecule has 0 aliphatic carbocycles. The van der Waals surface area contributed by atoms with Crippen LogP contribution in [-0.4, -0.2) is 39.5 Å². The first-order chi connectivity index (χ1) is 9.81. The molecule has 1 aromatic rings. The summed E-state index contributed by atoms with van der Waals surface area (Å²) in [4.78, 5) is 2.05. The van der Waals surface area contributed by atoms with Crippen LogP contribution in [-0.2, 0) is 10.0 Å². The maximum atomic E-state index is 12.4. The van der Waals surface area contributed by atoms with Crippen molar-refractivity contribution < 1.29 is 8.42 Å². The van der Waals surface area contributed by atoms with E-state index in [4.69, 9.17) is 28.9 Å². The third-order valence-corrected chi connectivity index (χ3v) is 6.06. The molecule has 0 amide bonds. The summed E-state index contributed by atoms with van der Waals surface area (Å²) in [5.41, 5.74) is 5.92. The molecule has 1 heterocycles. The van der Waals surface area contributed by atoms with Gasteiger partial charge in [-0.25, -0.2) is 13.1 Å². The second kappa shape index (κ2) is 6.71. The number of anilines is 1. The van der Waals surface area contributed by atoms with E-state index in [0.29, 0.717) is 12.2 Å². The number of likely N-dealkylation sites (tertiary alicyclic amines) is 1. The second-order valence-electron chi connectivity index (χ2n) is 5.30. The molecule has 2 rings (SSSR count). The Kier molecular flexibility index (Phi) is 5.38. The number of likely N-dealkylation sites (N-methyl/N-ethyl adjacent to an activating group) is 1. The molecule has 0 spiro atoms. The van der Waals surface area contributed by atoms with Crippen molar-refractivity contribution in [3.8, 4) is 0 Å². The summed E-state index contributed by atoms with van der Waals surface area (Å²) < 4.78 is 27.4. The van der Waals surface area contributed by atoms with Crippen molar-refractivity contribution >= 4 is 38.9 Å². The number of hydrogen-bond acceptors (Lipinski definition) is 4. The van der Waals surface area contributed by atoms with Crippen LogP contribution in [0.4, 0.5) is 5.69 Å². The van der Waals surface area contributed by atoms with Crippen LogP contribution in [0.3, 0.4) is 0 Å². The molecule has 1 aromatic carbocycles. The molecule has 1 atom stereocenters. The van der Waals surface area contributed by atoms with Gasteiger partial charge < -0.3 is 10.6 Å². The average molecular weight is 352 g/mol. The Hall–Kier alpha value is -0.530. The van der Waals surface area contributed by atoms with Crippen LogP contribution in [0.15, 0.2) is 17.0 Å². The van der Waals surface area contributed by atoms with Gasteiger partial charge >= 0.3 is 0 Å². The Morgan fingerprint density at radius 3 is 2.52 bits per heavy atom. The van der Waals surface area contributed by atoms with E-state index in [1.807, 2.05) is 7.05 Å². The van der Waals surface area contributed by atoms with Crippen LogP contribution < -0.4 is 10.5 Å². The summed E-state index contributed by atoms with van der Waals surface area (Å²) in [5, 5.41) is 0.0639. The van der Waals surface area contributed by atoms with Gasteiger partial charge in [-0.05, 0) is 38.6 Å². The van der Waals surface area contributed by atoms with Gasteiger partial charge in [-0.1, -0.05) is 29.6 Å². The maximum absolute atomic E-state index is 12.4. The molecule has 8 heteroatoms. The van der Waals surface area contributed by atoms with Gasteiger partial charge in [-0.2, -0.15) is 0 Å². The number of nitrogens with one attached hydrogen (secondary N) is 1. The zero-order chi connectivity index (χ0) is 15.6. The highest BCUT2D eigenvalue weighted by molar-refractivity contribution is 7.89. The molecule has 0 bridgehead atoms. The fourth-order valence-electron chi connectivity index (χ4n) is 2.52. The fourth-order valence-corrected chi connectivity index (χ4v) is 4.82. The minimum absolute atomic E-state index is 0.0319. The predicted molar refractivity (Wildman–Crippen MR) is 86.3 cm³/mol. The largest absolute Gasteiger partial charge is 0.399 e.